The molecule has 2 unspecified atom stereocenters. The van der Waals surface area contributed by atoms with Gasteiger partial charge in [-0.3, -0.25) is 0 Å². The maximum Gasteiger partial charge on any atom is 0.337 e. The molecule has 3 rings (SSSR count). The highest BCUT2D eigenvalue weighted by atomic mass is 35.5. The summed E-state index contributed by atoms with van der Waals surface area (Å²) in [6.45, 7) is 0.973. The minimum atomic E-state index is -0.988. The van der Waals surface area contributed by atoms with Gasteiger partial charge in [-0.2, -0.15) is 0 Å². The highest BCUT2D eigenvalue weighted by Crippen LogP contribution is 2.40. The lowest BCUT2D eigenvalue weighted by molar-refractivity contribution is 0.0696. The Kier molecular flexibility index (Phi) is 3.35. The molecule has 0 spiro atoms. The van der Waals surface area contributed by atoms with Crippen LogP contribution in [0.25, 0.3) is 0 Å². The molecule has 1 aromatic heterocycles. The molecule has 102 valence electrons. The molecule has 1 N–H and O–H groups in total. The van der Waals surface area contributed by atoms with Crippen molar-refractivity contribution >= 4 is 23.4 Å². The van der Waals surface area contributed by atoms with Gasteiger partial charge in [-0.1, -0.05) is 18.0 Å². The molecule has 2 atom stereocenters. The third kappa shape index (κ3) is 2.29. The molecule has 0 amide bonds. The number of hydrogen-bond donors (Lipinski definition) is 1. The number of anilines is 1. The molecular weight excluding hydrogens is 264 g/mol. The predicted molar refractivity (Wildman–Crippen MR) is 73.9 cm³/mol. The summed E-state index contributed by atoms with van der Waals surface area (Å²) in [5.74, 6) is 0.521. The first-order valence-electron chi connectivity index (χ1n) is 6.82. The summed E-state index contributed by atoms with van der Waals surface area (Å²) in [7, 11) is 0. The second-order valence-corrected chi connectivity index (χ2v) is 5.84. The van der Waals surface area contributed by atoms with Gasteiger partial charge >= 0.3 is 5.97 Å². The average molecular weight is 281 g/mol. The first-order chi connectivity index (χ1) is 9.16. The number of piperidine rings is 1. The molecule has 0 aromatic carbocycles. The van der Waals surface area contributed by atoms with Crippen LogP contribution in [0.15, 0.2) is 12.3 Å². The number of aromatic carboxylic acids is 1. The first-order valence-corrected chi connectivity index (χ1v) is 7.20. The van der Waals surface area contributed by atoms with Crippen LogP contribution in [-0.2, 0) is 0 Å². The molecule has 1 aliphatic heterocycles. The highest BCUT2D eigenvalue weighted by molar-refractivity contribution is 6.33. The van der Waals surface area contributed by atoms with E-state index in [1.807, 2.05) is 0 Å². The maximum absolute atomic E-state index is 10.9. The van der Waals surface area contributed by atoms with Crippen molar-refractivity contribution in [3.63, 3.8) is 0 Å². The zero-order valence-corrected chi connectivity index (χ0v) is 11.4. The number of carboxylic acids is 1. The fourth-order valence-corrected chi connectivity index (χ4v) is 3.75. The summed E-state index contributed by atoms with van der Waals surface area (Å²) in [5.41, 5.74) is 0.147. The Labute approximate surface area is 117 Å². The standard InChI is InChI=1S/C14H17ClN2O2/c15-11-7-10(14(18)19)8-16-13(11)17-6-2-4-9-3-1-5-12(9)17/h7-9,12H,1-6H2,(H,18,19). The van der Waals surface area contributed by atoms with Crippen LogP contribution >= 0.6 is 11.6 Å². The topological polar surface area (TPSA) is 53.4 Å². The lowest BCUT2D eigenvalue weighted by Crippen LogP contribution is -2.43. The van der Waals surface area contributed by atoms with E-state index in [-0.39, 0.29) is 5.56 Å². The van der Waals surface area contributed by atoms with Crippen LogP contribution in [0.2, 0.25) is 5.02 Å². The maximum atomic E-state index is 10.9. The van der Waals surface area contributed by atoms with Crippen LogP contribution in [0.5, 0.6) is 0 Å². The van der Waals surface area contributed by atoms with Gasteiger partial charge in [0.05, 0.1) is 10.6 Å². The van der Waals surface area contributed by atoms with Crippen molar-refractivity contribution in [1.82, 2.24) is 4.98 Å². The normalized spacial score (nSPS) is 26.3. The summed E-state index contributed by atoms with van der Waals surface area (Å²) in [4.78, 5) is 17.5. The van der Waals surface area contributed by atoms with Crippen molar-refractivity contribution in [1.29, 1.82) is 0 Å². The minimum Gasteiger partial charge on any atom is -0.478 e. The van der Waals surface area contributed by atoms with E-state index in [1.165, 1.54) is 44.4 Å². The molecular formula is C14H17ClN2O2. The van der Waals surface area contributed by atoms with E-state index in [0.29, 0.717) is 11.1 Å². The minimum absolute atomic E-state index is 0.147. The molecule has 2 fully saturated rings. The lowest BCUT2D eigenvalue weighted by atomic mass is 9.92. The summed E-state index contributed by atoms with van der Waals surface area (Å²) in [6.07, 6.45) is 7.64. The van der Waals surface area contributed by atoms with Gasteiger partial charge in [0.2, 0.25) is 0 Å². The lowest BCUT2D eigenvalue weighted by Gasteiger charge is -2.39. The molecule has 1 aliphatic carbocycles. The molecule has 5 heteroatoms. The molecule has 19 heavy (non-hydrogen) atoms. The predicted octanol–water partition coefficient (Wildman–Crippen LogP) is 3.20. The zero-order chi connectivity index (χ0) is 13.4. The number of carbonyl (C=O) groups is 1. The highest BCUT2D eigenvalue weighted by Gasteiger charge is 2.36. The number of halogens is 1. The molecule has 0 bridgehead atoms. The Balaban J connectivity index is 1.90. The van der Waals surface area contributed by atoms with E-state index in [9.17, 15) is 4.79 Å². The van der Waals surface area contributed by atoms with E-state index >= 15 is 0 Å². The molecule has 1 saturated carbocycles. The second-order valence-electron chi connectivity index (χ2n) is 5.43. The van der Waals surface area contributed by atoms with Crippen LogP contribution < -0.4 is 4.90 Å². The number of hydrogen-bond acceptors (Lipinski definition) is 3. The number of pyridine rings is 1. The third-order valence-electron chi connectivity index (χ3n) is 4.33. The quantitative estimate of drug-likeness (QED) is 0.904. The molecule has 1 saturated heterocycles. The smallest absolute Gasteiger partial charge is 0.337 e. The molecule has 1 aromatic rings. The average Bonchev–Trinajstić information content (AvgIpc) is 2.86. The van der Waals surface area contributed by atoms with E-state index in [4.69, 9.17) is 16.7 Å². The van der Waals surface area contributed by atoms with Crippen molar-refractivity contribution in [2.45, 2.75) is 38.1 Å². The van der Waals surface area contributed by atoms with Crippen LogP contribution in [0.4, 0.5) is 5.82 Å². The Morgan fingerprint density at radius 2 is 2.16 bits per heavy atom. The molecule has 2 aliphatic rings. The number of nitrogens with zero attached hydrogens (tertiary/aromatic N) is 2. The van der Waals surface area contributed by atoms with Crippen LogP contribution in [0.3, 0.4) is 0 Å². The van der Waals surface area contributed by atoms with Crippen LogP contribution in [0.1, 0.15) is 42.5 Å². The third-order valence-corrected chi connectivity index (χ3v) is 4.61. The van der Waals surface area contributed by atoms with Crippen molar-refractivity contribution in [2.75, 3.05) is 11.4 Å². The van der Waals surface area contributed by atoms with Gasteiger partial charge in [0.15, 0.2) is 0 Å². The largest absolute Gasteiger partial charge is 0.478 e. The van der Waals surface area contributed by atoms with Gasteiger partial charge in [-0.15, -0.1) is 0 Å². The van der Waals surface area contributed by atoms with Gasteiger partial charge in [-0.25, -0.2) is 9.78 Å². The van der Waals surface area contributed by atoms with Crippen molar-refractivity contribution < 1.29 is 9.90 Å². The van der Waals surface area contributed by atoms with E-state index in [0.717, 1.165) is 18.3 Å². The monoisotopic (exact) mass is 280 g/mol. The summed E-state index contributed by atoms with van der Waals surface area (Å²) in [5, 5.41) is 9.40. The van der Waals surface area contributed by atoms with Crippen LogP contribution in [-0.4, -0.2) is 28.6 Å². The Hall–Kier alpha value is -1.29. The Morgan fingerprint density at radius 3 is 2.89 bits per heavy atom. The van der Waals surface area contributed by atoms with Crippen molar-refractivity contribution in [3.8, 4) is 0 Å². The Bertz CT molecular complexity index is 506. The number of rotatable bonds is 2. The van der Waals surface area contributed by atoms with Gasteiger partial charge in [0.25, 0.3) is 0 Å². The van der Waals surface area contributed by atoms with E-state index < -0.39 is 5.97 Å². The summed E-state index contributed by atoms with van der Waals surface area (Å²) in [6, 6.07) is 2.04. The van der Waals surface area contributed by atoms with Crippen LogP contribution in [0, 0.1) is 5.92 Å². The van der Waals surface area contributed by atoms with Gasteiger partial charge in [0, 0.05) is 18.8 Å². The Morgan fingerprint density at radius 1 is 1.37 bits per heavy atom. The molecule has 4 nitrogen and oxygen atoms in total. The van der Waals surface area contributed by atoms with Crippen molar-refractivity contribution in [2.24, 2.45) is 5.92 Å². The zero-order valence-electron chi connectivity index (χ0n) is 10.7. The number of aromatic nitrogens is 1. The summed E-state index contributed by atoms with van der Waals surface area (Å²) < 4.78 is 0. The fraction of sp³-hybridized carbons (Fsp3) is 0.571. The van der Waals surface area contributed by atoms with Crippen molar-refractivity contribution in [3.05, 3.63) is 22.8 Å². The number of fused-ring (bicyclic) bond motifs is 1. The van der Waals surface area contributed by atoms with Gasteiger partial charge in [-0.05, 0) is 37.7 Å². The van der Waals surface area contributed by atoms with Gasteiger partial charge < -0.3 is 10.0 Å². The first kappa shape index (κ1) is 12.7. The second kappa shape index (κ2) is 5.00. The van der Waals surface area contributed by atoms with E-state index in [2.05, 4.69) is 9.88 Å². The fourth-order valence-electron chi connectivity index (χ4n) is 3.48. The number of carboxylic acid groups (broad SMARTS) is 1. The van der Waals surface area contributed by atoms with E-state index in [1.54, 1.807) is 0 Å². The SMILES string of the molecule is O=C(O)c1cnc(N2CCCC3CCCC32)c(Cl)c1. The molecule has 2 heterocycles. The summed E-state index contributed by atoms with van der Waals surface area (Å²) >= 11 is 6.23. The van der Waals surface area contributed by atoms with Gasteiger partial charge in [0.1, 0.15) is 5.82 Å². The molecule has 0 radical (unpaired) electrons.